The van der Waals surface area contributed by atoms with Crippen LogP contribution in [0.25, 0.3) is 10.2 Å². The minimum Gasteiger partial charge on any atom is -0.497 e. The third-order valence-electron chi connectivity index (χ3n) is 4.65. The number of nitrogens with zero attached hydrogens (tertiary/aromatic N) is 2. The molecule has 0 aliphatic carbocycles. The van der Waals surface area contributed by atoms with Crippen molar-refractivity contribution in [3.05, 3.63) is 52.8 Å². The second kappa shape index (κ2) is 12.4. The van der Waals surface area contributed by atoms with Crippen LogP contribution in [-0.2, 0) is 25.6 Å². The van der Waals surface area contributed by atoms with Gasteiger partial charge in [0.2, 0.25) is 5.91 Å². The van der Waals surface area contributed by atoms with Crippen LogP contribution in [0.1, 0.15) is 30.6 Å². The summed E-state index contributed by atoms with van der Waals surface area (Å²) >= 11 is 2.78. The maximum absolute atomic E-state index is 12.6. The van der Waals surface area contributed by atoms with Crippen LogP contribution in [0.15, 0.2) is 52.4 Å². The number of esters is 2. The molecule has 0 fully saturated rings. The molecule has 0 N–H and O–H groups in total. The fraction of sp³-hybridized carbons (Fsp3) is 0.333. The zero-order valence-electron chi connectivity index (χ0n) is 19.2. The number of benzene rings is 2. The van der Waals surface area contributed by atoms with Crippen molar-refractivity contribution in [3.8, 4) is 5.75 Å². The molecule has 8 nitrogen and oxygen atoms in total. The largest absolute Gasteiger partial charge is 0.497 e. The molecule has 0 aliphatic rings. The summed E-state index contributed by atoms with van der Waals surface area (Å²) in [6, 6.07) is 12.6. The Hall–Kier alpha value is -3.11. The van der Waals surface area contributed by atoms with Gasteiger partial charge in [0.15, 0.2) is 4.80 Å². The molecule has 0 spiro atoms. The van der Waals surface area contributed by atoms with E-state index in [4.69, 9.17) is 14.2 Å². The molecule has 180 valence electrons. The van der Waals surface area contributed by atoms with Crippen molar-refractivity contribution in [1.29, 1.82) is 0 Å². The van der Waals surface area contributed by atoms with Crippen molar-refractivity contribution in [2.45, 2.75) is 31.7 Å². The van der Waals surface area contributed by atoms with Crippen LogP contribution in [0.4, 0.5) is 0 Å². The average Bonchev–Trinajstić information content (AvgIpc) is 3.15. The van der Waals surface area contributed by atoms with Gasteiger partial charge >= 0.3 is 11.9 Å². The monoisotopic (exact) mass is 502 g/mol. The van der Waals surface area contributed by atoms with Crippen molar-refractivity contribution in [3.63, 3.8) is 0 Å². The van der Waals surface area contributed by atoms with E-state index in [-0.39, 0.29) is 32.1 Å². The van der Waals surface area contributed by atoms with E-state index in [2.05, 4.69) is 4.99 Å². The highest BCUT2D eigenvalue weighted by molar-refractivity contribution is 7.99. The van der Waals surface area contributed by atoms with Crippen molar-refractivity contribution in [2.24, 2.45) is 4.99 Å². The lowest BCUT2D eigenvalue weighted by Gasteiger charge is -2.06. The SMILES string of the molecule is CCOC(=O)Cn1c(=NC(=O)CCSc2ccc(OC)cc2)sc2cc(C(=O)OCC)ccc21. The van der Waals surface area contributed by atoms with Crippen LogP contribution < -0.4 is 9.54 Å². The Morgan fingerprint density at radius 2 is 1.76 bits per heavy atom. The molecular weight excluding hydrogens is 476 g/mol. The van der Waals surface area contributed by atoms with Gasteiger partial charge in [0.05, 0.1) is 36.1 Å². The van der Waals surface area contributed by atoms with Crippen LogP contribution >= 0.6 is 23.1 Å². The van der Waals surface area contributed by atoms with E-state index in [1.54, 1.807) is 55.5 Å². The predicted octanol–water partition coefficient (Wildman–Crippen LogP) is 4.06. The van der Waals surface area contributed by atoms with Gasteiger partial charge in [0, 0.05) is 17.1 Å². The van der Waals surface area contributed by atoms with E-state index < -0.39 is 11.9 Å². The predicted molar refractivity (Wildman–Crippen MR) is 131 cm³/mol. The van der Waals surface area contributed by atoms with E-state index in [1.165, 1.54) is 11.3 Å². The molecular formula is C24H26N2O6S2. The third kappa shape index (κ3) is 6.71. The van der Waals surface area contributed by atoms with Crippen LogP contribution in [0.2, 0.25) is 0 Å². The number of carbonyl (C=O) groups excluding carboxylic acids is 3. The highest BCUT2D eigenvalue weighted by Crippen LogP contribution is 2.23. The van der Waals surface area contributed by atoms with Crippen molar-refractivity contribution in [2.75, 3.05) is 26.1 Å². The first-order valence-electron chi connectivity index (χ1n) is 10.8. The fourth-order valence-electron chi connectivity index (χ4n) is 3.08. The van der Waals surface area contributed by atoms with Gasteiger partial charge in [-0.2, -0.15) is 4.99 Å². The normalized spacial score (nSPS) is 11.4. The van der Waals surface area contributed by atoms with Gasteiger partial charge in [-0.25, -0.2) is 4.79 Å². The maximum atomic E-state index is 12.6. The second-order valence-corrected chi connectivity index (χ2v) is 9.14. The van der Waals surface area contributed by atoms with Crippen LogP contribution in [-0.4, -0.2) is 48.5 Å². The van der Waals surface area contributed by atoms with E-state index in [1.807, 2.05) is 24.3 Å². The van der Waals surface area contributed by atoms with Gasteiger partial charge in [0.1, 0.15) is 12.3 Å². The summed E-state index contributed by atoms with van der Waals surface area (Å²) in [7, 11) is 1.61. The Morgan fingerprint density at radius 3 is 2.44 bits per heavy atom. The minimum absolute atomic E-state index is 0.0840. The molecule has 1 amide bonds. The highest BCUT2D eigenvalue weighted by atomic mass is 32.2. The van der Waals surface area contributed by atoms with E-state index in [0.29, 0.717) is 26.3 Å². The fourth-order valence-corrected chi connectivity index (χ4v) is 5.01. The topological polar surface area (TPSA) is 96.2 Å². The summed E-state index contributed by atoms with van der Waals surface area (Å²) in [5, 5.41) is 0. The summed E-state index contributed by atoms with van der Waals surface area (Å²) in [4.78, 5) is 42.6. The molecule has 0 unspecified atom stereocenters. The molecule has 1 aromatic heterocycles. The van der Waals surface area contributed by atoms with Crippen molar-refractivity contribution in [1.82, 2.24) is 4.57 Å². The number of hydrogen-bond donors (Lipinski definition) is 0. The van der Waals surface area contributed by atoms with Crippen LogP contribution in [0.5, 0.6) is 5.75 Å². The minimum atomic E-state index is -0.431. The first-order chi connectivity index (χ1) is 16.4. The van der Waals surface area contributed by atoms with Crippen molar-refractivity contribution < 1.29 is 28.6 Å². The molecule has 0 atom stereocenters. The van der Waals surface area contributed by atoms with Crippen LogP contribution in [0, 0.1) is 0 Å². The summed E-state index contributed by atoms with van der Waals surface area (Å²) < 4.78 is 17.7. The number of carbonyl (C=O) groups is 3. The molecule has 1 heterocycles. The smallest absolute Gasteiger partial charge is 0.338 e. The van der Waals surface area contributed by atoms with E-state index in [9.17, 15) is 14.4 Å². The molecule has 2 aromatic carbocycles. The molecule has 3 rings (SSSR count). The lowest BCUT2D eigenvalue weighted by molar-refractivity contribution is -0.143. The Balaban J connectivity index is 1.82. The second-order valence-electron chi connectivity index (χ2n) is 6.96. The van der Waals surface area contributed by atoms with Gasteiger partial charge in [-0.15, -0.1) is 11.8 Å². The number of ether oxygens (including phenoxy) is 3. The standard InChI is InChI=1S/C24H26N2O6S2/c1-4-31-22(28)15-26-19-11-6-16(23(29)32-5-2)14-20(19)34-24(26)25-21(27)12-13-33-18-9-7-17(30-3)8-10-18/h6-11,14H,4-5,12-13,15H2,1-3H3. The van der Waals surface area contributed by atoms with Gasteiger partial charge in [-0.05, 0) is 56.3 Å². The number of rotatable bonds is 10. The number of methoxy groups -OCH3 is 1. The zero-order chi connectivity index (χ0) is 24.5. The number of thioether (sulfide) groups is 1. The molecule has 0 radical (unpaired) electrons. The summed E-state index contributed by atoms with van der Waals surface area (Å²) in [5.41, 5.74) is 1.08. The zero-order valence-corrected chi connectivity index (χ0v) is 20.9. The van der Waals surface area contributed by atoms with E-state index >= 15 is 0 Å². The molecule has 0 saturated carbocycles. The van der Waals surface area contributed by atoms with Crippen LogP contribution in [0.3, 0.4) is 0 Å². The summed E-state index contributed by atoms with van der Waals surface area (Å²) in [6.07, 6.45) is 0.235. The van der Waals surface area contributed by atoms with Gasteiger partial charge in [-0.1, -0.05) is 11.3 Å². The third-order valence-corrected chi connectivity index (χ3v) is 6.71. The van der Waals surface area contributed by atoms with Gasteiger partial charge < -0.3 is 18.8 Å². The number of fused-ring (bicyclic) bond motifs is 1. The number of thiazole rings is 1. The Labute approximate surface area is 205 Å². The Bertz CT molecular complexity index is 1230. The molecule has 10 heteroatoms. The van der Waals surface area contributed by atoms with Gasteiger partial charge in [-0.3, -0.25) is 9.59 Å². The molecule has 34 heavy (non-hydrogen) atoms. The maximum Gasteiger partial charge on any atom is 0.338 e. The Morgan fingerprint density at radius 1 is 1.03 bits per heavy atom. The first-order valence-corrected chi connectivity index (χ1v) is 12.6. The lowest BCUT2D eigenvalue weighted by Crippen LogP contribution is -2.23. The Kier molecular flexibility index (Phi) is 9.29. The molecule has 0 saturated heterocycles. The highest BCUT2D eigenvalue weighted by Gasteiger charge is 2.15. The number of aromatic nitrogens is 1. The number of amides is 1. The summed E-state index contributed by atoms with van der Waals surface area (Å²) in [5.74, 6) is 0.179. The van der Waals surface area contributed by atoms with Gasteiger partial charge in [0.25, 0.3) is 0 Å². The van der Waals surface area contributed by atoms with Crippen molar-refractivity contribution >= 4 is 51.2 Å². The quantitative estimate of drug-likeness (QED) is 0.305. The first kappa shape index (κ1) is 25.5. The lowest BCUT2D eigenvalue weighted by atomic mass is 10.2. The number of hydrogen-bond acceptors (Lipinski definition) is 8. The molecule has 0 bridgehead atoms. The van der Waals surface area contributed by atoms with E-state index in [0.717, 1.165) is 10.6 Å². The average molecular weight is 503 g/mol. The molecule has 0 aliphatic heterocycles. The summed E-state index contributed by atoms with van der Waals surface area (Å²) in [6.45, 7) is 3.91. The molecule has 3 aromatic rings.